The molecule has 3 aromatic rings. The molecule has 5 rings (SSSR count). The lowest BCUT2D eigenvalue weighted by atomic mass is 9.90. The van der Waals surface area contributed by atoms with Crippen molar-refractivity contribution in [3.63, 3.8) is 0 Å². The molecule has 8 heteroatoms. The van der Waals surface area contributed by atoms with Crippen molar-refractivity contribution in [1.82, 2.24) is 0 Å². The van der Waals surface area contributed by atoms with Crippen LogP contribution in [0.5, 0.6) is 5.75 Å². The largest absolute Gasteiger partial charge is 0.497 e. The summed E-state index contributed by atoms with van der Waals surface area (Å²) in [6, 6.07) is 29.4. The zero-order valence-corrected chi connectivity index (χ0v) is 31.1. The summed E-state index contributed by atoms with van der Waals surface area (Å²) in [5.41, 5.74) is 3.11. The lowest BCUT2D eigenvalue weighted by molar-refractivity contribution is -0.160. The van der Waals surface area contributed by atoms with Crippen LogP contribution in [0, 0.1) is 0 Å². The molecule has 50 heavy (non-hydrogen) atoms. The van der Waals surface area contributed by atoms with E-state index in [4.69, 9.17) is 23.4 Å². The Morgan fingerprint density at radius 3 is 1.96 bits per heavy atom. The highest BCUT2D eigenvalue weighted by Crippen LogP contribution is 2.38. The minimum Gasteiger partial charge on any atom is -0.497 e. The van der Waals surface area contributed by atoms with Crippen molar-refractivity contribution in [1.29, 1.82) is 0 Å². The van der Waals surface area contributed by atoms with E-state index in [2.05, 4.69) is 94.6 Å². The maximum atomic E-state index is 11.7. The topological polar surface area (TPSA) is 83.5 Å². The molecule has 2 aliphatic heterocycles. The first-order valence-electron chi connectivity index (χ1n) is 17.8. The van der Waals surface area contributed by atoms with Gasteiger partial charge in [0.25, 0.3) is 8.32 Å². The van der Waals surface area contributed by atoms with Crippen LogP contribution in [-0.4, -0.2) is 63.6 Å². The Bertz CT molecular complexity index is 1510. The molecule has 5 atom stereocenters. The van der Waals surface area contributed by atoms with E-state index in [1.54, 1.807) is 7.11 Å². The first-order valence-corrected chi connectivity index (χ1v) is 19.7. The highest BCUT2D eigenvalue weighted by molar-refractivity contribution is 6.99. The molecule has 1 N–H and O–H groups in total. The molecular formula is C42H54O7Si. The van der Waals surface area contributed by atoms with Crippen LogP contribution in [-0.2, 0) is 30.0 Å². The van der Waals surface area contributed by atoms with Crippen molar-refractivity contribution in [3.05, 3.63) is 115 Å². The summed E-state index contributed by atoms with van der Waals surface area (Å²) in [4.78, 5) is 11.7. The number of carboxylic acids is 1. The Hall–Kier alpha value is -3.53. The van der Waals surface area contributed by atoms with Gasteiger partial charge in [0.2, 0.25) is 0 Å². The fourth-order valence-corrected chi connectivity index (χ4v) is 12.1. The quantitative estimate of drug-likeness (QED) is 0.129. The van der Waals surface area contributed by atoms with Gasteiger partial charge < -0.3 is 28.5 Å². The number of ether oxygens (including phenoxy) is 4. The molecule has 0 amide bonds. The number of rotatable bonds is 15. The fraction of sp³-hybridized carbons (Fsp3) is 0.452. The van der Waals surface area contributed by atoms with Gasteiger partial charge in [-0.2, -0.15) is 0 Å². The van der Waals surface area contributed by atoms with Gasteiger partial charge in [-0.3, -0.25) is 0 Å². The minimum absolute atomic E-state index is 0.0861. The third-order valence-electron chi connectivity index (χ3n) is 9.91. The third-order valence-corrected chi connectivity index (χ3v) is 15.0. The van der Waals surface area contributed by atoms with Gasteiger partial charge in [-0.15, -0.1) is 0 Å². The standard InChI is InChI=1S/C42H54O7Si/c1-30-23-35(48-36(24-30)28-37-25-31(2)26-40(49-37)41(43)44)27-34(46-29-32-17-19-33(45-6)20-18-32)21-22-47-50(42(3,4)5,38-13-9-7-10-14-38)39-15-11-8-12-16-39/h7-20,34-37,40H,1-2,21-29H2,3-6H3,(H,43,44)/t34-,35-,36+,37-,40+/m0/s1. The minimum atomic E-state index is -2.71. The van der Waals surface area contributed by atoms with Crippen LogP contribution in [0.4, 0.5) is 0 Å². The average Bonchev–Trinajstić information content (AvgIpc) is 3.09. The van der Waals surface area contributed by atoms with Gasteiger partial charge in [0, 0.05) is 25.9 Å². The van der Waals surface area contributed by atoms with Gasteiger partial charge in [-0.25, -0.2) is 4.79 Å². The van der Waals surface area contributed by atoms with E-state index in [9.17, 15) is 9.90 Å². The Morgan fingerprint density at radius 2 is 1.40 bits per heavy atom. The van der Waals surface area contributed by atoms with Crippen molar-refractivity contribution >= 4 is 24.7 Å². The molecule has 0 spiro atoms. The van der Waals surface area contributed by atoms with Gasteiger partial charge in [-0.05, 0) is 58.8 Å². The molecular weight excluding hydrogens is 645 g/mol. The predicted octanol–water partition coefficient (Wildman–Crippen LogP) is 7.62. The first kappa shape index (κ1) is 37.7. The van der Waals surface area contributed by atoms with E-state index < -0.39 is 20.4 Å². The maximum absolute atomic E-state index is 11.7. The number of carboxylic acid groups (broad SMARTS) is 1. The molecule has 2 heterocycles. The Balaban J connectivity index is 1.33. The van der Waals surface area contributed by atoms with E-state index in [1.165, 1.54) is 10.4 Å². The van der Waals surface area contributed by atoms with Crippen LogP contribution in [0.3, 0.4) is 0 Å². The lowest BCUT2D eigenvalue weighted by Crippen LogP contribution is -2.66. The van der Waals surface area contributed by atoms with Gasteiger partial charge in [-0.1, -0.05) is 118 Å². The number of hydrogen-bond acceptors (Lipinski definition) is 6. The highest BCUT2D eigenvalue weighted by atomic mass is 28.4. The predicted molar refractivity (Wildman–Crippen MR) is 201 cm³/mol. The monoisotopic (exact) mass is 698 g/mol. The van der Waals surface area contributed by atoms with E-state index in [-0.39, 0.29) is 29.5 Å². The van der Waals surface area contributed by atoms with Crippen molar-refractivity contribution in [2.45, 2.75) is 108 Å². The molecule has 0 aliphatic carbocycles. The second-order valence-electron chi connectivity index (χ2n) is 14.8. The van der Waals surface area contributed by atoms with Crippen LogP contribution >= 0.6 is 0 Å². The summed E-state index contributed by atoms with van der Waals surface area (Å²) in [7, 11) is -1.04. The molecule has 268 valence electrons. The summed E-state index contributed by atoms with van der Waals surface area (Å²) < 4.78 is 31.9. The Labute approximate surface area is 299 Å². The van der Waals surface area contributed by atoms with Crippen LogP contribution < -0.4 is 15.1 Å². The summed E-state index contributed by atoms with van der Waals surface area (Å²) in [5, 5.41) is 12.0. The number of hydrogen-bond donors (Lipinski definition) is 1. The van der Waals surface area contributed by atoms with E-state index in [0.717, 1.165) is 35.3 Å². The van der Waals surface area contributed by atoms with Gasteiger partial charge in [0.1, 0.15) is 5.75 Å². The first-order chi connectivity index (χ1) is 24.0. The van der Waals surface area contributed by atoms with Crippen LogP contribution in [0.2, 0.25) is 5.04 Å². The van der Waals surface area contributed by atoms with Gasteiger partial charge in [0.15, 0.2) is 6.10 Å². The Kier molecular flexibility index (Phi) is 12.9. The van der Waals surface area contributed by atoms with Crippen molar-refractivity contribution in [2.75, 3.05) is 13.7 Å². The second-order valence-corrected chi connectivity index (χ2v) is 19.1. The molecule has 7 nitrogen and oxygen atoms in total. The molecule has 0 radical (unpaired) electrons. The highest BCUT2D eigenvalue weighted by Gasteiger charge is 2.50. The summed E-state index contributed by atoms with van der Waals surface area (Å²) >= 11 is 0. The van der Waals surface area contributed by atoms with E-state index >= 15 is 0 Å². The third kappa shape index (κ3) is 9.62. The van der Waals surface area contributed by atoms with Crippen LogP contribution in [0.15, 0.2) is 109 Å². The van der Waals surface area contributed by atoms with Crippen molar-refractivity contribution in [3.8, 4) is 5.75 Å². The van der Waals surface area contributed by atoms with Crippen LogP contribution in [0.1, 0.15) is 71.3 Å². The summed E-state index contributed by atoms with van der Waals surface area (Å²) in [5.74, 6) is -0.135. The molecule has 0 unspecified atom stereocenters. The number of aliphatic carboxylic acids is 1. The number of benzene rings is 3. The number of carbonyl (C=O) groups is 1. The zero-order valence-electron chi connectivity index (χ0n) is 30.1. The summed E-state index contributed by atoms with van der Waals surface area (Å²) in [6.07, 6.45) is 3.06. The SMILES string of the molecule is C=C1C[C@H](C[C@@H]2CC(=C)C[C@H](C(=O)O)O2)O[C@H](C[C@H](CCO[Si](c2ccccc2)(c2ccccc2)C(C)(C)C)OCc2ccc(OC)cc2)C1. The fourth-order valence-electron chi connectivity index (χ4n) is 7.55. The lowest BCUT2D eigenvalue weighted by Gasteiger charge is -2.43. The van der Waals surface area contributed by atoms with E-state index in [0.29, 0.717) is 45.3 Å². The Morgan fingerprint density at radius 1 is 0.840 bits per heavy atom. The van der Waals surface area contributed by atoms with Crippen molar-refractivity contribution < 1.29 is 33.3 Å². The van der Waals surface area contributed by atoms with E-state index in [1.807, 2.05) is 24.3 Å². The average molecular weight is 699 g/mol. The molecule has 0 aromatic heterocycles. The molecule has 0 bridgehead atoms. The molecule has 2 fully saturated rings. The molecule has 3 aromatic carbocycles. The second kappa shape index (κ2) is 17.1. The van der Waals surface area contributed by atoms with Gasteiger partial charge >= 0.3 is 5.97 Å². The maximum Gasteiger partial charge on any atom is 0.333 e. The molecule has 0 saturated carbocycles. The molecule has 2 saturated heterocycles. The van der Waals surface area contributed by atoms with Crippen LogP contribution in [0.25, 0.3) is 0 Å². The smallest absolute Gasteiger partial charge is 0.333 e. The molecule has 2 aliphatic rings. The zero-order chi connectivity index (χ0) is 35.7. The summed E-state index contributed by atoms with van der Waals surface area (Å²) in [6.45, 7) is 16.3. The normalized spacial score (nSPS) is 22.2. The number of methoxy groups -OCH3 is 1. The van der Waals surface area contributed by atoms with Crippen molar-refractivity contribution in [2.24, 2.45) is 0 Å². The van der Waals surface area contributed by atoms with Gasteiger partial charge in [0.05, 0.1) is 38.1 Å².